The van der Waals surface area contributed by atoms with Crippen molar-refractivity contribution in [3.63, 3.8) is 0 Å². The number of methoxy groups -OCH3 is 1. The fraction of sp³-hybridized carbons (Fsp3) is 0.214. The summed E-state index contributed by atoms with van der Waals surface area (Å²) in [6.07, 6.45) is 1.75. The van der Waals surface area contributed by atoms with E-state index in [0.717, 1.165) is 27.0 Å². The highest BCUT2D eigenvalue weighted by Crippen LogP contribution is 2.29. The van der Waals surface area contributed by atoms with Crippen LogP contribution in [-0.2, 0) is 0 Å². The van der Waals surface area contributed by atoms with Crippen LogP contribution in [0.5, 0.6) is 5.75 Å². The van der Waals surface area contributed by atoms with Gasteiger partial charge in [-0.1, -0.05) is 17.7 Å². The lowest BCUT2D eigenvalue weighted by atomic mass is 10.0. The van der Waals surface area contributed by atoms with Crippen LogP contribution in [0, 0.1) is 6.92 Å². The summed E-state index contributed by atoms with van der Waals surface area (Å²) in [5, 5.41) is 0. The maximum absolute atomic E-state index is 5.69. The summed E-state index contributed by atoms with van der Waals surface area (Å²) in [5.74, 6) is 6.48. The SMILES string of the molecule is COc1ccc(C)cc1C(NN)c1ccc(Br)cn1. The van der Waals surface area contributed by atoms with Crippen molar-refractivity contribution in [3.05, 3.63) is 57.8 Å². The first-order chi connectivity index (χ1) is 9.15. The van der Waals surface area contributed by atoms with Crippen LogP contribution < -0.4 is 16.0 Å². The standard InChI is InChI=1S/C14H16BrN3O/c1-9-3-6-13(19-2)11(7-9)14(18-16)12-5-4-10(15)8-17-12/h3-8,14,18H,16H2,1-2H3. The summed E-state index contributed by atoms with van der Waals surface area (Å²) in [7, 11) is 1.65. The van der Waals surface area contributed by atoms with Crippen molar-refractivity contribution < 1.29 is 4.74 Å². The molecule has 0 aliphatic carbocycles. The summed E-state index contributed by atoms with van der Waals surface area (Å²) in [6, 6.07) is 9.65. The van der Waals surface area contributed by atoms with E-state index in [4.69, 9.17) is 10.6 Å². The molecule has 1 aromatic heterocycles. The molecule has 1 heterocycles. The van der Waals surface area contributed by atoms with Crippen molar-refractivity contribution >= 4 is 15.9 Å². The summed E-state index contributed by atoms with van der Waals surface area (Å²) >= 11 is 3.37. The molecule has 0 aliphatic heterocycles. The Morgan fingerprint density at radius 2 is 2.11 bits per heavy atom. The lowest BCUT2D eigenvalue weighted by Crippen LogP contribution is -2.29. The number of aryl methyl sites for hydroxylation is 1. The zero-order valence-electron chi connectivity index (χ0n) is 10.9. The van der Waals surface area contributed by atoms with Crippen LogP contribution in [0.4, 0.5) is 0 Å². The minimum absolute atomic E-state index is 0.206. The molecule has 0 aliphatic rings. The third-order valence-corrected chi connectivity index (χ3v) is 3.38. The molecule has 0 saturated carbocycles. The number of hydrogen-bond donors (Lipinski definition) is 2. The maximum atomic E-state index is 5.69. The van der Waals surface area contributed by atoms with Crippen molar-refractivity contribution in [2.75, 3.05) is 7.11 Å². The van der Waals surface area contributed by atoms with Gasteiger partial charge in [-0.3, -0.25) is 10.8 Å². The lowest BCUT2D eigenvalue weighted by Gasteiger charge is -2.19. The highest BCUT2D eigenvalue weighted by Gasteiger charge is 2.18. The van der Waals surface area contributed by atoms with E-state index >= 15 is 0 Å². The highest BCUT2D eigenvalue weighted by molar-refractivity contribution is 9.10. The van der Waals surface area contributed by atoms with Gasteiger partial charge in [0.2, 0.25) is 0 Å². The Hall–Kier alpha value is -1.43. The van der Waals surface area contributed by atoms with E-state index in [1.165, 1.54) is 0 Å². The number of benzene rings is 1. The number of hydrazine groups is 1. The summed E-state index contributed by atoms with van der Waals surface area (Å²) in [5.41, 5.74) is 5.76. The Kier molecular flexibility index (Phi) is 4.52. The fourth-order valence-corrected chi connectivity index (χ4v) is 2.21. The average Bonchev–Trinajstić information content (AvgIpc) is 2.42. The summed E-state index contributed by atoms with van der Waals surface area (Å²) in [4.78, 5) is 4.39. The molecule has 2 rings (SSSR count). The molecule has 0 amide bonds. The quantitative estimate of drug-likeness (QED) is 0.671. The average molecular weight is 322 g/mol. The Morgan fingerprint density at radius 3 is 2.68 bits per heavy atom. The number of pyridine rings is 1. The molecule has 0 radical (unpaired) electrons. The number of aromatic nitrogens is 1. The third-order valence-electron chi connectivity index (χ3n) is 2.91. The smallest absolute Gasteiger partial charge is 0.124 e. The molecular weight excluding hydrogens is 306 g/mol. The molecule has 0 bridgehead atoms. The van der Waals surface area contributed by atoms with Gasteiger partial charge in [0.05, 0.1) is 18.8 Å². The predicted octanol–water partition coefficient (Wildman–Crippen LogP) is 2.71. The van der Waals surface area contributed by atoms with Gasteiger partial charge in [0.15, 0.2) is 0 Å². The first-order valence-electron chi connectivity index (χ1n) is 5.88. The van der Waals surface area contributed by atoms with Crippen LogP contribution in [0.2, 0.25) is 0 Å². The number of nitrogens with two attached hydrogens (primary N) is 1. The molecule has 1 aromatic carbocycles. The third kappa shape index (κ3) is 3.12. The van der Waals surface area contributed by atoms with E-state index in [9.17, 15) is 0 Å². The van der Waals surface area contributed by atoms with Crippen LogP contribution >= 0.6 is 15.9 Å². The molecule has 19 heavy (non-hydrogen) atoms. The molecule has 0 saturated heterocycles. The number of nitrogens with one attached hydrogen (secondary N) is 1. The number of rotatable bonds is 4. The number of halogens is 1. The first kappa shape index (κ1) is 14.0. The van der Waals surface area contributed by atoms with E-state index in [1.54, 1.807) is 13.3 Å². The van der Waals surface area contributed by atoms with Crippen molar-refractivity contribution in [1.29, 1.82) is 0 Å². The molecule has 1 unspecified atom stereocenters. The maximum Gasteiger partial charge on any atom is 0.124 e. The second kappa shape index (κ2) is 6.14. The fourth-order valence-electron chi connectivity index (χ4n) is 1.97. The van der Waals surface area contributed by atoms with E-state index in [2.05, 4.69) is 26.3 Å². The molecule has 5 heteroatoms. The number of ether oxygens (including phenoxy) is 1. The van der Waals surface area contributed by atoms with Crippen LogP contribution in [-0.4, -0.2) is 12.1 Å². The summed E-state index contributed by atoms with van der Waals surface area (Å²) in [6.45, 7) is 2.03. The lowest BCUT2D eigenvalue weighted by molar-refractivity contribution is 0.403. The highest BCUT2D eigenvalue weighted by atomic mass is 79.9. The van der Waals surface area contributed by atoms with Gasteiger partial charge in [-0.2, -0.15) is 0 Å². The second-order valence-corrected chi connectivity index (χ2v) is 5.16. The van der Waals surface area contributed by atoms with E-state index in [-0.39, 0.29) is 6.04 Å². The summed E-state index contributed by atoms with van der Waals surface area (Å²) < 4.78 is 6.33. The minimum atomic E-state index is -0.206. The van der Waals surface area contributed by atoms with E-state index < -0.39 is 0 Å². The van der Waals surface area contributed by atoms with Gasteiger partial charge in [0.1, 0.15) is 5.75 Å². The van der Waals surface area contributed by atoms with Gasteiger partial charge >= 0.3 is 0 Å². The molecule has 100 valence electrons. The zero-order valence-corrected chi connectivity index (χ0v) is 12.4. The topological polar surface area (TPSA) is 60.2 Å². The van der Waals surface area contributed by atoms with Crippen molar-refractivity contribution in [2.24, 2.45) is 5.84 Å². The van der Waals surface area contributed by atoms with E-state index in [1.807, 2.05) is 37.3 Å². The van der Waals surface area contributed by atoms with E-state index in [0.29, 0.717) is 0 Å². The minimum Gasteiger partial charge on any atom is -0.496 e. The Balaban J connectivity index is 2.47. The predicted molar refractivity (Wildman–Crippen MR) is 78.8 cm³/mol. The Labute approximate surface area is 121 Å². The van der Waals surface area contributed by atoms with Gasteiger partial charge < -0.3 is 4.74 Å². The van der Waals surface area contributed by atoms with Gasteiger partial charge in [0, 0.05) is 16.2 Å². The molecule has 0 spiro atoms. The zero-order chi connectivity index (χ0) is 13.8. The Bertz CT molecular complexity index is 557. The largest absolute Gasteiger partial charge is 0.496 e. The molecule has 0 fully saturated rings. The Morgan fingerprint density at radius 1 is 1.32 bits per heavy atom. The molecular formula is C14H16BrN3O. The van der Waals surface area contributed by atoms with Gasteiger partial charge in [-0.25, -0.2) is 5.43 Å². The number of hydrogen-bond acceptors (Lipinski definition) is 4. The van der Waals surface area contributed by atoms with Crippen LogP contribution in [0.25, 0.3) is 0 Å². The van der Waals surface area contributed by atoms with Crippen molar-refractivity contribution in [3.8, 4) is 5.75 Å². The first-order valence-corrected chi connectivity index (χ1v) is 6.67. The number of nitrogens with zero attached hydrogens (tertiary/aromatic N) is 1. The van der Waals surface area contributed by atoms with Crippen LogP contribution in [0.15, 0.2) is 41.0 Å². The van der Waals surface area contributed by atoms with Gasteiger partial charge in [0.25, 0.3) is 0 Å². The van der Waals surface area contributed by atoms with Crippen molar-refractivity contribution in [2.45, 2.75) is 13.0 Å². The molecule has 4 nitrogen and oxygen atoms in total. The second-order valence-electron chi connectivity index (χ2n) is 4.25. The van der Waals surface area contributed by atoms with Gasteiger partial charge in [-0.15, -0.1) is 0 Å². The van der Waals surface area contributed by atoms with Gasteiger partial charge in [-0.05, 0) is 41.1 Å². The molecule has 1 atom stereocenters. The monoisotopic (exact) mass is 321 g/mol. The van der Waals surface area contributed by atoms with Crippen molar-refractivity contribution in [1.82, 2.24) is 10.4 Å². The normalized spacial score (nSPS) is 12.2. The molecule has 3 N–H and O–H groups in total. The van der Waals surface area contributed by atoms with Crippen LogP contribution in [0.1, 0.15) is 22.9 Å². The van der Waals surface area contributed by atoms with Crippen LogP contribution in [0.3, 0.4) is 0 Å². The molecule has 2 aromatic rings.